The molecule has 5 nitrogen and oxygen atoms in total. The number of amides is 1. The van der Waals surface area contributed by atoms with Gasteiger partial charge in [0.1, 0.15) is 5.82 Å². The summed E-state index contributed by atoms with van der Waals surface area (Å²) in [6.45, 7) is 1.74. The summed E-state index contributed by atoms with van der Waals surface area (Å²) < 4.78 is 4.54. The number of hydrogen-bond donors (Lipinski definition) is 1. The van der Waals surface area contributed by atoms with E-state index in [4.69, 9.17) is 0 Å². The van der Waals surface area contributed by atoms with Gasteiger partial charge in [-0.1, -0.05) is 6.92 Å². The summed E-state index contributed by atoms with van der Waals surface area (Å²) in [6.07, 6.45) is 1.81. The second kappa shape index (κ2) is 5.09. The lowest BCUT2D eigenvalue weighted by molar-refractivity contribution is -0.115. The fourth-order valence-electron chi connectivity index (χ4n) is 0.975. The first kappa shape index (κ1) is 11.2. The van der Waals surface area contributed by atoms with Gasteiger partial charge >= 0.3 is 5.97 Å². The van der Waals surface area contributed by atoms with E-state index in [0.717, 1.165) is 0 Å². The third-order valence-electron chi connectivity index (χ3n) is 1.77. The van der Waals surface area contributed by atoms with Gasteiger partial charge in [-0.15, -0.1) is 0 Å². The smallest absolute Gasteiger partial charge is 0.338 e. The Kier molecular flexibility index (Phi) is 3.79. The average Bonchev–Trinajstić information content (AvgIpc) is 2.28. The molecule has 0 fully saturated rings. The Morgan fingerprint density at radius 2 is 2.27 bits per heavy atom. The van der Waals surface area contributed by atoms with Crippen LogP contribution in [0, 0.1) is 0 Å². The highest BCUT2D eigenvalue weighted by atomic mass is 16.5. The lowest BCUT2D eigenvalue weighted by Crippen LogP contribution is -2.11. The second-order valence-corrected chi connectivity index (χ2v) is 2.82. The van der Waals surface area contributed by atoms with Gasteiger partial charge in [-0.2, -0.15) is 0 Å². The molecule has 80 valence electrons. The van der Waals surface area contributed by atoms with Gasteiger partial charge < -0.3 is 10.1 Å². The van der Waals surface area contributed by atoms with Crippen molar-refractivity contribution >= 4 is 17.7 Å². The van der Waals surface area contributed by atoms with E-state index in [9.17, 15) is 9.59 Å². The standard InChI is InChI=1S/C10H12N2O3/c1-3-9(13)12-8-6-7(4-5-11-8)10(14)15-2/h4-6H,3H2,1-2H3,(H,11,12,13). The molecule has 0 spiro atoms. The molecule has 0 saturated heterocycles. The highest BCUT2D eigenvalue weighted by Crippen LogP contribution is 2.08. The average molecular weight is 208 g/mol. The molecule has 5 heteroatoms. The zero-order chi connectivity index (χ0) is 11.3. The number of nitrogens with one attached hydrogen (secondary N) is 1. The van der Waals surface area contributed by atoms with Crippen LogP contribution in [0.5, 0.6) is 0 Å². The molecule has 1 amide bonds. The molecular weight excluding hydrogens is 196 g/mol. The van der Waals surface area contributed by atoms with E-state index in [1.54, 1.807) is 6.92 Å². The van der Waals surface area contributed by atoms with Crippen molar-refractivity contribution in [2.75, 3.05) is 12.4 Å². The van der Waals surface area contributed by atoms with Crippen LogP contribution in [0.25, 0.3) is 0 Å². The van der Waals surface area contributed by atoms with E-state index >= 15 is 0 Å². The van der Waals surface area contributed by atoms with Gasteiger partial charge in [0.05, 0.1) is 12.7 Å². The summed E-state index contributed by atoms with van der Waals surface area (Å²) in [6, 6.07) is 2.99. The number of aromatic nitrogens is 1. The van der Waals surface area contributed by atoms with Crippen LogP contribution in [-0.2, 0) is 9.53 Å². The van der Waals surface area contributed by atoms with Crippen LogP contribution in [0.2, 0.25) is 0 Å². The van der Waals surface area contributed by atoms with Gasteiger partial charge in [-0.3, -0.25) is 4.79 Å². The minimum absolute atomic E-state index is 0.149. The number of methoxy groups -OCH3 is 1. The van der Waals surface area contributed by atoms with Crippen molar-refractivity contribution in [3.05, 3.63) is 23.9 Å². The van der Waals surface area contributed by atoms with Crippen molar-refractivity contribution in [3.8, 4) is 0 Å². The van der Waals surface area contributed by atoms with Gasteiger partial charge in [-0.05, 0) is 12.1 Å². The van der Waals surface area contributed by atoms with Crippen molar-refractivity contribution in [1.82, 2.24) is 4.98 Å². The lowest BCUT2D eigenvalue weighted by Gasteiger charge is -2.03. The molecule has 0 atom stereocenters. The first-order valence-electron chi connectivity index (χ1n) is 4.51. The van der Waals surface area contributed by atoms with E-state index in [-0.39, 0.29) is 5.91 Å². The Morgan fingerprint density at radius 1 is 1.53 bits per heavy atom. The van der Waals surface area contributed by atoms with Crippen LogP contribution in [-0.4, -0.2) is 24.0 Å². The van der Waals surface area contributed by atoms with E-state index in [1.165, 1.54) is 25.4 Å². The molecule has 0 aliphatic rings. The zero-order valence-corrected chi connectivity index (χ0v) is 8.61. The van der Waals surface area contributed by atoms with Crippen LogP contribution in [0.3, 0.4) is 0 Å². The summed E-state index contributed by atoms with van der Waals surface area (Å²) in [5.74, 6) is -0.251. The highest BCUT2D eigenvalue weighted by Gasteiger charge is 2.07. The number of ether oxygens (including phenoxy) is 1. The molecule has 0 aliphatic heterocycles. The number of esters is 1. The van der Waals surface area contributed by atoms with Crippen molar-refractivity contribution < 1.29 is 14.3 Å². The fraction of sp³-hybridized carbons (Fsp3) is 0.300. The van der Waals surface area contributed by atoms with E-state index in [1.807, 2.05) is 0 Å². The maximum Gasteiger partial charge on any atom is 0.338 e. The van der Waals surface area contributed by atoms with E-state index < -0.39 is 5.97 Å². The maximum absolute atomic E-state index is 11.2. The molecule has 1 N–H and O–H groups in total. The molecule has 0 bridgehead atoms. The minimum atomic E-state index is -0.454. The maximum atomic E-state index is 11.2. The molecule has 0 radical (unpaired) electrons. The monoisotopic (exact) mass is 208 g/mol. The first-order chi connectivity index (χ1) is 7.17. The summed E-state index contributed by atoms with van der Waals surface area (Å²) in [4.78, 5) is 26.1. The van der Waals surface area contributed by atoms with Crippen LogP contribution in [0.4, 0.5) is 5.82 Å². The van der Waals surface area contributed by atoms with Crippen LogP contribution < -0.4 is 5.32 Å². The van der Waals surface area contributed by atoms with Crippen LogP contribution in [0.1, 0.15) is 23.7 Å². The number of carbonyl (C=O) groups is 2. The van der Waals surface area contributed by atoms with Gasteiger partial charge in [-0.25, -0.2) is 9.78 Å². The summed E-state index contributed by atoms with van der Waals surface area (Å²) in [5.41, 5.74) is 0.360. The number of anilines is 1. The molecule has 1 aromatic heterocycles. The van der Waals surface area contributed by atoms with E-state index in [2.05, 4.69) is 15.0 Å². The van der Waals surface area contributed by atoms with Crippen molar-refractivity contribution in [1.29, 1.82) is 0 Å². The Bertz CT molecular complexity index is 377. The van der Waals surface area contributed by atoms with Crippen LogP contribution >= 0.6 is 0 Å². The third kappa shape index (κ3) is 3.05. The Morgan fingerprint density at radius 3 is 2.87 bits per heavy atom. The van der Waals surface area contributed by atoms with Crippen molar-refractivity contribution in [2.24, 2.45) is 0 Å². The molecule has 0 unspecified atom stereocenters. The topological polar surface area (TPSA) is 68.3 Å². The van der Waals surface area contributed by atoms with Gasteiger partial charge in [0, 0.05) is 12.6 Å². The first-order valence-corrected chi connectivity index (χ1v) is 4.51. The van der Waals surface area contributed by atoms with Crippen molar-refractivity contribution in [2.45, 2.75) is 13.3 Å². The Labute approximate surface area is 87.5 Å². The highest BCUT2D eigenvalue weighted by molar-refractivity contribution is 5.93. The Balaban J connectivity index is 2.83. The SMILES string of the molecule is CCC(=O)Nc1cc(C(=O)OC)ccn1. The largest absolute Gasteiger partial charge is 0.465 e. The van der Waals surface area contributed by atoms with E-state index in [0.29, 0.717) is 17.8 Å². The lowest BCUT2D eigenvalue weighted by atomic mass is 10.2. The van der Waals surface area contributed by atoms with Gasteiger partial charge in [0.2, 0.25) is 5.91 Å². The molecule has 1 heterocycles. The molecule has 0 aliphatic carbocycles. The minimum Gasteiger partial charge on any atom is -0.465 e. The molecule has 1 rings (SSSR count). The van der Waals surface area contributed by atoms with Gasteiger partial charge in [0.25, 0.3) is 0 Å². The predicted molar refractivity (Wildman–Crippen MR) is 54.5 cm³/mol. The predicted octanol–water partition coefficient (Wildman–Crippen LogP) is 1.22. The number of pyridine rings is 1. The zero-order valence-electron chi connectivity index (χ0n) is 8.61. The number of nitrogens with zero attached hydrogens (tertiary/aromatic N) is 1. The number of carbonyl (C=O) groups excluding carboxylic acids is 2. The molecule has 1 aromatic rings. The summed E-state index contributed by atoms with van der Waals surface area (Å²) in [7, 11) is 1.30. The quantitative estimate of drug-likeness (QED) is 0.758. The Hall–Kier alpha value is -1.91. The molecular formula is C10H12N2O3. The fourth-order valence-corrected chi connectivity index (χ4v) is 0.975. The normalized spacial score (nSPS) is 9.47. The number of hydrogen-bond acceptors (Lipinski definition) is 4. The molecule has 15 heavy (non-hydrogen) atoms. The van der Waals surface area contributed by atoms with Gasteiger partial charge in [0.15, 0.2) is 0 Å². The number of rotatable bonds is 3. The summed E-state index contributed by atoms with van der Waals surface area (Å²) >= 11 is 0. The second-order valence-electron chi connectivity index (χ2n) is 2.82. The molecule has 0 saturated carbocycles. The molecule has 0 aromatic carbocycles. The summed E-state index contributed by atoms with van der Waals surface area (Å²) in [5, 5.41) is 2.55. The van der Waals surface area contributed by atoms with Crippen molar-refractivity contribution in [3.63, 3.8) is 0 Å². The van der Waals surface area contributed by atoms with Crippen LogP contribution in [0.15, 0.2) is 18.3 Å². The third-order valence-corrected chi connectivity index (χ3v) is 1.77.